The molecule has 1 aromatic rings. The molecule has 2 atom stereocenters. The van der Waals surface area contributed by atoms with E-state index in [1.54, 1.807) is 0 Å². The fourth-order valence-corrected chi connectivity index (χ4v) is 3.33. The van der Waals surface area contributed by atoms with Crippen molar-refractivity contribution in [3.05, 3.63) is 47.5 Å². The third kappa shape index (κ3) is 1.03. The Labute approximate surface area is 96.2 Å². The molecule has 2 aliphatic carbocycles. The molecule has 0 N–H and O–H groups in total. The quantitative estimate of drug-likeness (QED) is 0.604. The first kappa shape index (κ1) is 9.83. The molecule has 82 valence electrons. The number of carbonyl (C=O) groups excluding carboxylic acids is 1. The third-order valence-electron chi connectivity index (χ3n) is 4.20. The lowest BCUT2D eigenvalue weighted by molar-refractivity contribution is -0.132. The summed E-state index contributed by atoms with van der Waals surface area (Å²) in [5, 5.41) is 0. The maximum Gasteiger partial charge on any atom is 0.153 e. The van der Waals surface area contributed by atoms with E-state index in [9.17, 15) is 4.79 Å². The topological polar surface area (TPSA) is 17.1 Å². The monoisotopic (exact) mass is 212 g/mol. The number of fused-ring (bicyclic) bond motifs is 4. The van der Waals surface area contributed by atoms with E-state index in [1.165, 1.54) is 11.1 Å². The number of Topliss-reactive ketones (excluding diaryl/α,β-unsaturated/α-hetero) is 1. The lowest BCUT2D eigenvalue weighted by Crippen LogP contribution is -2.50. The summed E-state index contributed by atoms with van der Waals surface area (Å²) in [5.41, 5.74) is 2.01. The SMILES string of the molecule is C[C@@]12C=CC[C@@](C)(C1=O)c1ccccc1C2. The molecule has 0 radical (unpaired) electrons. The van der Waals surface area contributed by atoms with Gasteiger partial charge in [0.15, 0.2) is 5.78 Å². The standard InChI is InChI=1S/C15H16O/c1-14-8-5-9-15(2,13(14)16)12-7-4-3-6-11(12)10-14/h3-8H,9-10H2,1-2H3/t14-,15+/m0/s1. The average Bonchev–Trinajstić information content (AvgIpc) is 2.25. The average molecular weight is 212 g/mol. The Balaban J connectivity index is 2.30. The molecule has 0 saturated heterocycles. The second kappa shape index (κ2) is 2.85. The highest BCUT2D eigenvalue weighted by atomic mass is 16.1. The van der Waals surface area contributed by atoms with E-state index >= 15 is 0 Å². The second-order valence-electron chi connectivity index (χ2n) is 5.52. The molecule has 3 rings (SSSR count). The number of benzene rings is 1. The molecule has 0 amide bonds. The van der Waals surface area contributed by atoms with Crippen molar-refractivity contribution < 1.29 is 4.79 Å². The predicted octanol–water partition coefficient (Wildman–Crippen LogP) is 3.04. The molecule has 0 saturated carbocycles. The van der Waals surface area contributed by atoms with Gasteiger partial charge in [-0.1, -0.05) is 36.4 Å². The highest BCUT2D eigenvalue weighted by molar-refractivity contribution is 5.99. The van der Waals surface area contributed by atoms with Gasteiger partial charge in [-0.3, -0.25) is 4.79 Å². The Bertz CT molecular complexity index is 500. The molecule has 2 bridgehead atoms. The number of ketones is 1. The summed E-state index contributed by atoms with van der Waals surface area (Å²) < 4.78 is 0. The number of rotatable bonds is 0. The van der Waals surface area contributed by atoms with Crippen LogP contribution in [0.15, 0.2) is 36.4 Å². The summed E-state index contributed by atoms with van der Waals surface area (Å²) in [5.74, 6) is 0.390. The van der Waals surface area contributed by atoms with Crippen LogP contribution in [0.1, 0.15) is 31.4 Å². The molecule has 0 aromatic heterocycles. The molecular formula is C15H16O. The van der Waals surface area contributed by atoms with Crippen molar-refractivity contribution in [3.8, 4) is 0 Å². The minimum Gasteiger partial charge on any atom is -0.298 e. The van der Waals surface area contributed by atoms with Crippen LogP contribution in [0.5, 0.6) is 0 Å². The van der Waals surface area contributed by atoms with Crippen LogP contribution in [0.25, 0.3) is 0 Å². The molecule has 1 nitrogen and oxygen atoms in total. The Morgan fingerprint density at radius 1 is 1.19 bits per heavy atom. The van der Waals surface area contributed by atoms with Crippen molar-refractivity contribution in [2.45, 2.75) is 32.1 Å². The lowest BCUT2D eigenvalue weighted by Gasteiger charge is -2.45. The van der Waals surface area contributed by atoms with E-state index < -0.39 is 0 Å². The lowest BCUT2D eigenvalue weighted by atomic mass is 9.56. The summed E-state index contributed by atoms with van der Waals surface area (Å²) in [6.07, 6.45) is 5.98. The van der Waals surface area contributed by atoms with Gasteiger partial charge in [-0.25, -0.2) is 0 Å². The Morgan fingerprint density at radius 3 is 2.75 bits per heavy atom. The van der Waals surface area contributed by atoms with Gasteiger partial charge in [0.1, 0.15) is 0 Å². The number of carbonyl (C=O) groups is 1. The summed E-state index contributed by atoms with van der Waals surface area (Å²) in [4.78, 5) is 12.6. The maximum atomic E-state index is 12.6. The van der Waals surface area contributed by atoms with Gasteiger partial charge in [0, 0.05) is 5.41 Å². The summed E-state index contributed by atoms with van der Waals surface area (Å²) in [7, 11) is 0. The highest BCUT2D eigenvalue weighted by Crippen LogP contribution is 2.48. The van der Waals surface area contributed by atoms with Crippen LogP contribution in [0.4, 0.5) is 0 Å². The molecule has 0 fully saturated rings. The summed E-state index contributed by atoms with van der Waals surface area (Å²) in [6, 6.07) is 8.39. The minimum absolute atomic E-state index is 0.276. The largest absolute Gasteiger partial charge is 0.298 e. The number of hydrogen-bond donors (Lipinski definition) is 0. The molecule has 1 heteroatoms. The fourth-order valence-electron chi connectivity index (χ4n) is 3.33. The Kier molecular flexibility index (Phi) is 1.75. The van der Waals surface area contributed by atoms with Crippen LogP contribution in [0.3, 0.4) is 0 Å². The molecule has 2 aliphatic rings. The Hall–Kier alpha value is -1.37. The minimum atomic E-state index is -0.293. The summed E-state index contributed by atoms with van der Waals surface area (Å²) in [6.45, 7) is 4.16. The first-order chi connectivity index (χ1) is 7.56. The van der Waals surface area contributed by atoms with Gasteiger partial charge in [-0.15, -0.1) is 0 Å². The van der Waals surface area contributed by atoms with Crippen molar-refractivity contribution in [2.75, 3.05) is 0 Å². The Morgan fingerprint density at radius 2 is 1.94 bits per heavy atom. The second-order valence-corrected chi connectivity index (χ2v) is 5.52. The summed E-state index contributed by atoms with van der Waals surface area (Å²) >= 11 is 0. The molecule has 16 heavy (non-hydrogen) atoms. The van der Waals surface area contributed by atoms with E-state index in [0.29, 0.717) is 5.78 Å². The van der Waals surface area contributed by atoms with Crippen molar-refractivity contribution in [2.24, 2.45) is 5.41 Å². The van der Waals surface area contributed by atoms with Gasteiger partial charge >= 0.3 is 0 Å². The number of hydrogen-bond acceptors (Lipinski definition) is 1. The van der Waals surface area contributed by atoms with Gasteiger partial charge < -0.3 is 0 Å². The van der Waals surface area contributed by atoms with Gasteiger partial charge in [0.2, 0.25) is 0 Å². The van der Waals surface area contributed by atoms with E-state index in [-0.39, 0.29) is 10.8 Å². The fraction of sp³-hybridized carbons (Fsp3) is 0.400. The molecule has 0 unspecified atom stereocenters. The number of allylic oxidation sites excluding steroid dienone is 2. The van der Waals surface area contributed by atoms with Crippen molar-refractivity contribution in [1.29, 1.82) is 0 Å². The van der Waals surface area contributed by atoms with Crippen LogP contribution >= 0.6 is 0 Å². The van der Waals surface area contributed by atoms with Gasteiger partial charge in [0.25, 0.3) is 0 Å². The molecule has 0 spiro atoms. The van der Waals surface area contributed by atoms with Gasteiger partial charge in [-0.2, -0.15) is 0 Å². The van der Waals surface area contributed by atoms with Crippen LogP contribution in [-0.4, -0.2) is 5.78 Å². The zero-order chi connectivity index (χ0) is 11.4. The molecule has 1 aromatic carbocycles. The van der Waals surface area contributed by atoms with Crippen LogP contribution in [0, 0.1) is 5.41 Å². The first-order valence-electron chi connectivity index (χ1n) is 5.87. The first-order valence-corrected chi connectivity index (χ1v) is 5.87. The van der Waals surface area contributed by atoms with Crippen molar-refractivity contribution in [3.63, 3.8) is 0 Å². The van der Waals surface area contributed by atoms with Crippen LogP contribution in [-0.2, 0) is 16.6 Å². The zero-order valence-electron chi connectivity index (χ0n) is 9.79. The molecular weight excluding hydrogens is 196 g/mol. The van der Waals surface area contributed by atoms with Crippen molar-refractivity contribution in [1.82, 2.24) is 0 Å². The van der Waals surface area contributed by atoms with E-state index in [0.717, 1.165) is 12.8 Å². The van der Waals surface area contributed by atoms with Crippen LogP contribution < -0.4 is 0 Å². The smallest absolute Gasteiger partial charge is 0.153 e. The zero-order valence-corrected chi connectivity index (χ0v) is 9.79. The van der Waals surface area contributed by atoms with E-state index in [1.807, 2.05) is 6.07 Å². The maximum absolute atomic E-state index is 12.6. The van der Waals surface area contributed by atoms with Crippen molar-refractivity contribution >= 4 is 5.78 Å². The normalized spacial score (nSPS) is 36.0. The van der Waals surface area contributed by atoms with Gasteiger partial charge in [0.05, 0.1) is 5.41 Å². The molecule has 0 aliphatic heterocycles. The van der Waals surface area contributed by atoms with E-state index in [2.05, 4.69) is 44.2 Å². The molecule has 0 heterocycles. The highest BCUT2D eigenvalue weighted by Gasteiger charge is 2.50. The van der Waals surface area contributed by atoms with E-state index in [4.69, 9.17) is 0 Å². The third-order valence-corrected chi connectivity index (χ3v) is 4.20. The van der Waals surface area contributed by atoms with Crippen LogP contribution in [0.2, 0.25) is 0 Å². The van der Waals surface area contributed by atoms with Gasteiger partial charge in [-0.05, 0) is 37.8 Å². The predicted molar refractivity (Wildman–Crippen MR) is 64.4 cm³/mol.